The van der Waals surface area contributed by atoms with E-state index >= 15 is 0 Å². The van der Waals surface area contributed by atoms with Crippen molar-refractivity contribution in [3.8, 4) is 5.75 Å². The van der Waals surface area contributed by atoms with E-state index in [4.69, 9.17) is 0 Å². The number of hydrogen-bond donors (Lipinski definition) is 1. The van der Waals surface area contributed by atoms with Crippen LogP contribution < -0.4 is 10.1 Å². The molecule has 0 spiro atoms. The molecule has 0 bridgehead atoms. The smallest absolute Gasteiger partial charge is 0.405 e. The molecule has 0 unspecified atom stereocenters. The number of aromatic nitrogens is 2. The topological polar surface area (TPSA) is 96.8 Å². The molecule has 1 aromatic carbocycles. The first-order valence-corrected chi connectivity index (χ1v) is 13.5. The van der Waals surface area contributed by atoms with Crippen LogP contribution in [0.1, 0.15) is 36.0 Å². The lowest BCUT2D eigenvalue weighted by Gasteiger charge is -2.50. The van der Waals surface area contributed by atoms with Crippen LogP contribution in [-0.2, 0) is 17.1 Å². The molecule has 1 aliphatic heterocycles. The maximum atomic E-state index is 14.4. The maximum Gasteiger partial charge on any atom is 0.573 e. The van der Waals surface area contributed by atoms with E-state index in [1.165, 1.54) is 21.4 Å². The van der Waals surface area contributed by atoms with Crippen LogP contribution in [0.4, 0.5) is 26.3 Å². The Balaban J connectivity index is 0.00000441. The van der Waals surface area contributed by atoms with E-state index in [9.17, 15) is 39.6 Å². The summed E-state index contributed by atoms with van der Waals surface area (Å²) >= 11 is 0. The summed E-state index contributed by atoms with van der Waals surface area (Å²) in [6, 6.07) is 2.55. The number of nitrogens with zero attached hydrogens (tertiary/aromatic N) is 4. The monoisotopic (exact) mass is 619 g/mol. The summed E-state index contributed by atoms with van der Waals surface area (Å²) in [5, 5.41) is 2.29. The first kappa shape index (κ1) is 32.0. The fourth-order valence-corrected chi connectivity index (χ4v) is 6.40. The minimum Gasteiger partial charge on any atom is -0.405 e. The summed E-state index contributed by atoms with van der Waals surface area (Å²) < 4.78 is 113. The first-order chi connectivity index (χ1) is 18.1. The Labute approximate surface area is 232 Å². The summed E-state index contributed by atoms with van der Waals surface area (Å²) in [5.74, 6) is -6.40. The zero-order chi connectivity index (χ0) is 28.6. The standard InChI is InChI=1S/C23H27F6N5O4S.ClH/c1-32-13-18(31-15-32)39(36,37)34-11-9-33(10-12-34)21(5-7-22(25,26)8-6-21)14-30-20(35)19-16(24)3-2-4-17(19)38-23(27,28)29;/h2-4,13,15H,5-12,14H2,1H3,(H,30,35);1H. The van der Waals surface area contributed by atoms with Crippen LogP contribution in [0.5, 0.6) is 5.75 Å². The number of benzene rings is 1. The molecule has 0 radical (unpaired) electrons. The van der Waals surface area contributed by atoms with Gasteiger partial charge in [0, 0.05) is 64.3 Å². The zero-order valence-corrected chi connectivity index (χ0v) is 22.9. The molecular weight excluding hydrogens is 592 g/mol. The molecule has 0 atom stereocenters. The van der Waals surface area contributed by atoms with Gasteiger partial charge in [-0.15, -0.1) is 25.6 Å². The summed E-state index contributed by atoms with van der Waals surface area (Å²) in [7, 11) is -2.26. The van der Waals surface area contributed by atoms with Crippen molar-refractivity contribution in [2.45, 2.75) is 48.5 Å². The van der Waals surface area contributed by atoms with Gasteiger partial charge in [-0.2, -0.15) is 4.31 Å². The molecule has 1 amide bonds. The van der Waals surface area contributed by atoms with E-state index in [0.29, 0.717) is 0 Å². The molecule has 2 fully saturated rings. The zero-order valence-electron chi connectivity index (χ0n) is 21.3. The van der Waals surface area contributed by atoms with E-state index in [-0.39, 0.29) is 63.0 Å². The third-order valence-corrected chi connectivity index (χ3v) is 8.90. The van der Waals surface area contributed by atoms with Crippen molar-refractivity contribution in [2.24, 2.45) is 7.05 Å². The van der Waals surface area contributed by atoms with Gasteiger partial charge in [-0.25, -0.2) is 26.6 Å². The first-order valence-electron chi connectivity index (χ1n) is 12.1. The number of imidazole rings is 1. The number of aryl methyl sites for hydroxylation is 1. The molecule has 1 saturated heterocycles. The SMILES string of the molecule is Cl.Cn1cnc(S(=O)(=O)N2CCN(C3(CNC(=O)c4c(F)cccc4OC(F)(F)F)CCC(F)(F)CC3)CC2)c1. The van der Waals surface area contributed by atoms with Crippen LogP contribution in [0.2, 0.25) is 0 Å². The van der Waals surface area contributed by atoms with Gasteiger partial charge in [0.25, 0.3) is 15.9 Å². The normalized spacial score (nSPS) is 20.0. The summed E-state index contributed by atoms with van der Waals surface area (Å²) in [6.45, 7) is 0.0870. The number of alkyl halides is 5. The Morgan fingerprint density at radius 3 is 2.27 bits per heavy atom. The number of halogens is 7. The quantitative estimate of drug-likeness (QED) is 0.476. The Bertz CT molecular complexity index is 1310. The number of amides is 1. The molecule has 224 valence electrons. The molecule has 1 saturated carbocycles. The summed E-state index contributed by atoms with van der Waals surface area (Å²) in [6.07, 6.45) is -3.61. The van der Waals surface area contributed by atoms with Gasteiger partial charge in [-0.1, -0.05) is 6.07 Å². The second-order valence-corrected chi connectivity index (χ2v) is 11.6. The molecule has 1 aliphatic carbocycles. The number of nitrogens with one attached hydrogen (secondary N) is 1. The molecule has 2 aliphatic rings. The van der Waals surface area contributed by atoms with Crippen LogP contribution >= 0.6 is 12.4 Å². The van der Waals surface area contributed by atoms with E-state index in [1.807, 2.05) is 0 Å². The van der Waals surface area contributed by atoms with Gasteiger partial charge in [0.2, 0.25) is 5.92 Å². The highest BCUT2D eigenvalue weighted by Crippen LogP contribution is 2.42. The molecule has 9 nitrogen and oxygen atoms in total. The molecular formula is C23H28ClF6N5O4S. The predicted molar refractivity (Wildman–Crippen MR) is 132 cm³/mol. The van der Waals surface area contributed by atoms with Crippen molar-refractivity contribution in [1.29, 1.82) is 0 Å². The number of piperazine rings is 1. The van der Waals surface area contributed by atoms with E-state index in [2.05, 4.69) is 15.0 Å². The van der Waals surface area contributed by atoms with Crippen molar-refractivity contribution in [3.05, 3.63) is 42.1 Å². The van der Waals surface area contributed by atoms with Crippen LogP contribution in [-0.4, -0.2) is 83.6 Å². The third-order valence-electron chi connectivity index (χ3n) is 7.11. The van der Waals surface area contributed by atoms with Gasteiger partial charge < -0.3 is 14.6 Å². The average Bonchev–Trinajstić information content (AvgIpc) is 3.30. The number of carbonyl (C=O) groups is 1. The molecule has 1 N–H and O–H groups in total. The van der Waals surface area contributed by atoms with E-state index in [1.54, 1.807) is 11.9 Å². The number of carbonyl (C=O) groups excluding carboxylic acids is 1. The Kier molecular flexibility index (Phi) is 9.38. The number of ether oxygens (including phenoxy) is 1. The lowest BCUT2D eigenvalue weighted by atomic mass is 9.78. The molecule has 4 rings (SSSR count). The van der Waals surface area contributed by atoms with Crippen molar-refractivity contribution >= 4 is 28.3 Å². The van der Waals surface area contributed by atoms with Crippen LogP contribution in [0.25, 0.3) is 0 Å². The fourth-order valence-electron chi connectivity index (χ4n) is 5.01. The van der Waals surface area contributed by atoms with Crippen molar-refractivity contribution in [2.75, 3.05) is 32.7 Å². The van der Waals surface area contributed by atoms with Crippen molar-refractivity contribution < 1.29 is 44.3 Å². The second-order valence-electron chi connectivity index (χ2n) is 9.69. The van der Waals surface area contributed by atoms with Gasteiger partial charge in [0.05, 0.1) is 6.33 Å². The molecule has 2 aromatic rings. The van der Waals surface area contributed by atoms with Crippen LogP contribution in [0.3, 0.4) is 0 Å². The van der Waals surface area contributed by atoms with Crippen molar-refractivity contribution in [3.63, 3.8) is 0 Å². The van der Waals surface area contributed by atoms with Crippen LogP contribution in [0.15, 0.2) is 35.7 Å². The number of rotatable bonds is 7. The number of hydrogen-bond acceptors (Lipinski definition) is 6. The van der Waals surface area contributed by atoms with Crippen LogP contribution in [0, 0.1) is 5.82 Å². The van der Waals surface area contributed by atoms with E-state index < -0.39 is 63.7 Å². The lowest BCUT2D eigenvalue weighted by molar-refractivity contribution is -0.274. The minimum absolute atomic E-state index is 0. The molecule has 2 heterocycles. The highest BCUT2D eigenvalue weighted by molar-refractivity contribution is 7.89. The summed E-state index contributed by atoms with van der Waals surface area (Å²) in [4.78, 5) is 18.5. The Hall–Kier alpha value is -2.56. The average molecular weight is 620 g/mol. The molecule has 1 aromatic heterocycles. The summed E-state index contributed by atoms with van der Waals surface area (Å²) in [5.41, 5.74) is -2.01. The number of sulfonamides is 1. The third kappa shape index (κ3) is 7.01. The van der Waals surface area contributed by atoms with Gasteiger partial charge in [0.1, 0.15) is 17.1 Å². The van der Waals surface area contributed by atoms with Gasteiger partial charge in [-0.3, -0.25) is 9.69 Å². The van der Waals surface area contributed by atoms with Gasteiger partial charge in [0.15, 0.2) is 5.03 Å². The van der Waals surface area contributed by atoms with Crippen molar-refractivity contribution in [1.82, 2.24) is 24.1 Å². The maximum absolute atomic E-state index is 14.4. The molecule has 17 heteroatoms. The minimum atomic E-state index is -5.17. The Morgan fingerprint density at radius 1 is 1.10 bits per heavy atom. The van der Waals surface area contributed by atoms with Gasteiger partial charge >= 0.3 is 6.36 Å². The highest BCUT2D eigenvalue weighted by Gasteiger charge is 2.48. The fraction of sp³-hybridized carbons (Fsp3) is 0.565. The van der Waals surface area contributed by atoms with Gasteiger partial charge in [-0.05, 0) is 25.0 Å². The molecule has 40 heavy (non-hydrogen) atoms. The second kappa shape index (κ2) is 11.7. The largest absolute Gasteiger partial charge is 0.573 e. The highest BCUT2D eigenvalue weighted by atomic mass is 35.5. The Morgan fingerprint density at radius 2 is 1.73 bits per heavy atom. The predicted octanol–water partition coefficient (Wildman–Crippen LogP) is 3.56. The van der Waals surface area contributed by atoms with E-state index in [0.717, 1.165) is 18.2 Å². The lowest BCUT2D eigenvalue weighted by Crippen LogP contribution is -2.63.